The van der Waals surface area contributed by atoms with E-state index in [1.54, 1.807) is 12.1 Å². The van der Waals surface area contributed by atoms with E-state index in [9.17, 15) is 4.79 Å². The molecule has 4 nitrogen and oxygen atoms in total. The number of furan rings is 1. The molecule has 1 aliphatic rings. The maximum atomic E-state index is 12.1. The maximum absolute atomic E-state index is 12.1. The molecule has 4 heteroatoms. The Balaban J connectivity index is 1.79. The summed E-state index contributed by atoms with van der Waals surface area (Å²) in [6, 6.07) is 7.37. The lowest BCUT2D eigenvalue weighted by Gasteiger charge is -2.32. The molecule has 2 N–H and O–H groups in total. The summed E-state index contributed by atoms with van der Waals surface area (Å²) in [6.07, 6.45) is 10.1. The highest BCUT2D eigenvalue weighted by Gasteiger charge is 2.26. The van der Waals surface area contributed by atoms with Crippen LogP contribution in [0.25, 0.3) is 17.0 Å². The lowest BCUT2D eigenvalue weighted by atomic mass is 9.72. The van der Waals surface area contributed by atoms with Crippen LogP contribution >= 0.6 is 0 Å². The van der Waals surface area contributed by atoms with Gasteiger partial charge in [0, 0.05) is 17.5 Å². The Labute approximate surface area is 173 Å². The van der Waals surface area contributed by atoms with E-state index < -0.39 is 0 Å². The Hall–Kier alpha value is -2.59. The Bertz CT molecular complexity index is 989. The maximum Gasteiger partial charge on any atom is 0.251 e. The number of hydrogen-bond acceptors (Lipinski definition) is 3. The predicted molar refractivity (Wildman–Crippen MR) is 119 cm³/mol. The van der Waals surface area contributed by atoms with Crippen LogP contribution in [0.5, 0.6) is 0 Å². The molecule has 0 fully saturated rings. The minimum absolute atomic E-state index is 0.0793. The van der Waals surface area contributed by atoms with Crippen LogP contribution in [0.2, 0.25) is 0 Å². The van der Waals surface area contributed by atoms with Gasteiger partial charge >= 0.3 is 0 Å². The molecular weight excluding hydrogens is 362 g/mol. The van der Waals surface area contributed by atoms with Crippen LogP contribution in [0.3, 0.4) is 0 Å². The highest BCUT2D eigenvalue weighted by molar-refractivity contribution is 5.97. The SMILES string of the molecule is CC(C=CC1=C(C)CCCC1(C)C)=Cc1cc2ccc(C(=O)NCCO)cc2o1. The monoisotopic (exact) mass is 393 g/mol. The van der Waals surface area contributed by atoms with Crippen molar-refractivity contribution >= 4 is 23.0 Å². The van der Waals surface area contributed by atoms with Crippen LogP contribution in [0, 0.1) is 5.41 Å². The molecular formula is C25H31NO3. The zero-order valence-corrected chi connectivity index (χ0v) is 17.8. The van der Waals surface area contributed by atoms with Crippen molar-refractivity contribution in [2.75, 3.05) is 13.2 Å². The zero-order valence-electron chi connectivity index (χ0n) is 17.8. The smallest absolute Gasteiger partial charge is 0.251 e. The van der Waals surface area contributed by atoms with Gasteiger partial charge in [-0.1, -0.05) is 37.6 Å². The molecule has 0 unspecified atom stereocenters. The van der Waals surface area contributed by atoms with E-state index in [1.807, 2.05) is 18.2 Å². The number of fused-ring (bicyclic) bond motifs is 1. The van der Waals surface area contributed by atoms with Crippen molar-refractivity contribution < 1.29 is 14.3 Å². The zero-order chi connectivity index (χ0) is 21.0. The summed E-state index contributed by atoms with van der Waals surface area (Å²) in [5.74, 6) is 0.552. The quantitative estimate of drug-likeness (QED) is 0.624. The van der Waals surface area contributed by atoms with Crippen molar-refractivity contribution in [2.45, 2.75) is 47.0 Å². The van der Waals surface area contributed by atoms with Crippen LogP contribution in [-0.4, -0.2) is 24.2 Å². The topological polar surface area (TPSA) is 62.5 Å². The summed E-state index contributed by atoms with van der Waals surface area (Å²) >= 11 is 0. The molecule has 1 aromatic heterocycles. The Kier molecular flexibility index (Phi) is 6.43. The first kappa shape index (κ1) is 21.1. The first-order chi connectivity index (χ1) is 13.8. The molecule has 1 heterocycles. The van der Waals surface area contributed by atoms with E-state index in [2.05, 4.69) is 45.2 Å². The first-order valence-electron chi connectivity index (χ1n) is 10.3. The number of allylic oxidation sites excluding steroid dienone is 5. The molecule has 1 aliphatic carbocycles. The Morgan fingerprint density at radius 1 is 1.31 bits per heavy atom. The van der Waals surface area contributed by atoms with Gasteiger partial charge in [-0.2, -0.15) is 0 Å². The second kappa shape index (κ2) is 8.83. The minimum atomic E-state index is -0.215. The van der Waals surface area contributed by atoms with Gasteiger partial charge in [-0.3, -0.25) is 4.79 Å². The molecule has 1 aromatic carbocycles. The lowest BCUT2D eigenvalue weighted by Crippen LogP contribution is -2.26. The number of hydrogen-bond donors (Lipinski definition) is 2. The molecule has 0 atom stereocenters. The normalized spacial score (nSPS) is 17.3. The Morgan fingerprint density at radius 3 is 2.83 bits per heavy atom. The van der Waals surface area contributed by atoms with E-state index in [1.165, 1.54) is 30.4 Å². The molecule has 0 bridgehead atoms. The fraction of sp³-hybridized carbons (Fsp3) is 0.400. The van der Waals surface area contributed by atoms with Gasteiger partial charge in [0.1, 0.15) is 11.3 Å². The molecule has 29 heavy (non-hydrogen) atoms. The third kappa shape index (κ3) is 5.07. The standard InChI is InChI=1S/C25H31NO3/c1-17(7-10-22-18(2)6-5-11-25(22,3)4)14-21-15-19-8-9-20(16-23(19)29-21)24(28)26-12-13-27/h7-10,14-16,27H,5-6,11-13H2,1-4H3,(H,26,28). The van der Waals surface area contributed by atoms with E-state index in [-0.39, 0.29) is 24.5 Å². The fourth-order valence-corrected chi connectivity index (χ4v) is 4.03. The highest BCUT2D eigenvalue weighted by atomic mass is 16.3. The number of nitrogens with one attached hydrogen (secondary N) is 1. The summed E-state index contributed by atoms with van der Waals surface area (Å²) < 4.78 is 5.94. The van der Waals surface area contributed by atoms with Gasteiger partial charge in [-0.15, -0.1) is 0 Å². The van der Waals surface area contributed by atoms with Gasteiger partial charge in [0.2, 0.25) is 0 Å². The summed E-state index contributed by atoms with van der Waals surface area (Å²) in [5.41, 5.74) is 5.48. The van der Waals surface area contributed by atoms with Crippen molar-refractivity contribution in [3.05, 3.63) is 64.5 Å². The number of rotatable bonds is 6. The van der Waals surface area contributed by atoms with Gasteiger partial charge in [0.15, 0.2) is 0 Å². The van der Waals surface area contributed by atoms with Crippen molar-refractivity contribution in [3.8, 4) is 0 Å². The molecule has 0 saturated carbocycles. The number of aliphatic hydroxyl groups excluding tert-OH is 1. The van der Waals surface area contributed by atoms with E-state index in [0.29, 0.717) is 11.1 Å². The second-order valence-electron chi connectivity index (χ2n) is 8.53. The molecule has 154 valence electrons. The average Bonchev–Trinajstić information content (AvgIpc) is 3.06. The number of benzene rings is 1. The van der Waals surface area contributed by atoms with Crippen LogP contribution in [-0.2, 0) is 0 Å². The van der Waals surface area contributed by atoms with E-state index in [4.69, 9.17) is 9.52 Å². The molecule has 0 radical (unpaired) electrons. The number of carbonyl (C=O) groups is 1. The van der Waals surface area contributed by atoms with E-state index >= 15 is 0 Å². The van der Waals surface area contributed by atoms with Crippen molar-refractivity contribution in [2.24, 2.45) is 5.41 Å². The number of aliphatic hydroxyl groups is 1. The third-order valence-electron chi connectivity index (χ3n) is 5.62. The van der Waals surface area contributed by atoms with Crippen molar-refractivity contribution in [1.82, 2.24) is 5.32 Å². The molecule has 3 rings (SSSR count). The van der Waals surface area contributed by atoms with Crippen LogP contribution in [0.1, 0.15) is 63.1 Å². The van der Waals surface area contributed by atoms with Gasteiger partial charge in [0.05, 0.1) is 6.61 Å². The van der Waals surface area contributed by atoms with Gasteiger partial charge in [-0.25, -0.2) is 0 Å². The average molecular weight is 394 g/mol. The summed E-state index contributed by atoms with van der Waals surface area (Å²) in [5, 5.41) is 12.5. The summed E-state index contributed by atoms with van der Waals surface area (Å²) in [6.45, 7) is 9.12. The number of carbonyl (C=O) groups excluding carboxylic acids is 1. The second-order valence-corrected chi connectivity index (χ2v) is 8.53. The van der Waals surface area contributed by atoms with Crippen LogP contribution < -0.4 is 5.32 Å². The minimum Gasteiger partial charge on any atom is -0.457 e. The van der Waals surface area contributed by atoms with Gasteiger partial charge < -0.3 is 14.8 Å². The first-order valence-corrected chi connectivity index (χ1v) is 10.3. The predicted octanol–water partition coefficient (Wildman–Crippen LogP) is 5.64. The fourth-order valence-electron chi connectivity index (χ4n) is 4.03. The van der Waals surface area contributed by atoms with Gasteiger partial charge in [0.25, 0.3) is 5.91 Å². The highest BCUT2D eigenvalue weighted by Crippen LogP contribution is 2.40. The molecule has 1 amide bonds. The van der Waals surface area contributed by atoms with Crippen LogP contribution in [0.4, 0.5) is 0 Å². The molecule has 0 aliphatic heterocycles. The third-order valence-corrected chi connectivity index (χ3v) is 5.62. The van der Waals surface area contributed by atoms with Gasteiger partial charge in [-0.05, 0) is 73.9 Å². The summed E-state index contributed by atoms with van der Waals surface area (Å²) in [4.78, 5) is 12.1. The summed E-state index contributed by atoms with van der Waals surface area (Å²) in [7, 11) is 0. The Morgan fingerprint density at radius 2 is 2.10 bits per heavy atom. The molecule has 0 spiro atoms. The number of amides is 1. The van der Waals surface area contributed by atoms with Crippen molar-refractivity contribution in [1.29, 1.82) is 0 Å². The van der Waals surface area contributed by atoms with Crippen LogP contribution in [0.15, 0.2) is 57.6 Å². The van der Waals surface area contributed by atoms with Crippen molar-refractivity contribution in [3.63, 3.8) is 0 Å². The molecule has 0 saturated heterocycles. The largest absolute Gasteiger partial charge is 0.457 e. The molecule has 2 aromatic rings. The van der Waals surface area contributed by atoms with E-state index in [0.717, 1.165) is 16.7 Å². The lowest BCUT2D eigenvalue weighted by molar-refractivity contribution is 0.0945.